The number of aromatic nitrogens is 4. The predicted molar refractivity (Wildman–Crippen MR) is 43.4 cm³/mol. The maximum absolute atomic E-state index is 4.57. The fraction of sp³-hybridized carbons (Fsp3) is 0. The van der Waals surface area contributed by atoms with E-state index in [0.29, 0.717) is 11.5 Å². The number of hydrogen-bond acceptors (Lipinski definition) is 4. The molecule has 1 N–H and O–H groups in total. The van der Waals surface area contributed by atoms with Crippen molar-refractivity contribution in [2.75, 3.05) is 0 Å². The van der Waals surface area contributed by atoms with Crippen LogP contribution in [0, 0.1) is 0 Å². The SMILES string of the molecule is S=[C]c1nc2ncncc2[nH]1. The Balaban J connectivity index is 2.78. The molecule has 2 aromatic heterocycles. The summed E-state index contributed by atoms with van der Waals surface area (Å²) in [5.41, 5.74) is 1.40. The lowest BCUT2D eigenvalue weighted by Gasteiger charge is -1.80. The molecular formula is C6H3N4S. The van der Waals surface area contributed by atoms with E-state index in [9.17, 15) is 0 Å². The molecule has 1 radical (unpaired) electrons. The van der Waals surface area contributed by atoms with E-state index in [1.54, 1.807) is 6.20 Å². The molecule has 0 aliphatic heterocycles. The Labute approximate surface area is 67.7 Å². The Morgan fingerprint density at radius 1 is 1.55 bits per heavy atom. The van der Waals surface area contributed by atoms with E-state index < -0.39 is 0 Å². The summed E-state index contributed by atoms with van der Waals surface area (Å²) < 4.78 is 0. The van der Waals surface area contributed by atoms with Crippen LogP contribution < -0.4 is 0 Å². The third-order valence-corrected chi connectivity index (χ3v) is 1.45. The first-order valence-electron chi connectivity index (χ1n) is 2.94. The van der Waals surface area contributed by atoms with Crippen molar-refractivity contribution in [1.82, 2.24) is 19.9 Å². The molecule has 2 heterocycles. The van der Waals surface area contributed by atoms with E-state index >= 15 is 0 Å². The van der Waals surface area contributed by atoms with Crippen LogP contribution in [-0.4, -0.2) is 25.3 Å². The molecule has 5 heteroatoms. The Bertz CT molecular complexity index is 361. The molecular weight excluding hydrogens is 160 g/mol. The van der Waals surface area contributed by atoms with Gasteiger partial charge in [-0.25, -0.2) is 15.0 Å². The number of fused-ring (bicyclic) bond motifs is 1. The van der Waals surface area contributed by atoms with Gasteiger partial charge in [0, 0.05) is 0 Å². The van der Waals surface area contributed by atoms with Crippen LogP contribution in [0.2, 0.25) is 0 Å². The van der Waals surface area contributed by atoms with Crippen LogP contribution in [-0.2, 0) is 0 Å². The van der Waals surface area contributed by atoms with Gasteiger partial charge in [0.25, 0.3) is 0 Å². The summed E-state index contributed by atoms with van der Waals surface area (Å²) >= 11 is 4.57. The van der Waals surface area contributed by atoms with E-state index in [-0.39, 0.29) is 0 Å². The molecule has 2 aromatic rings. The highest BCUT2D eigenvalue weighted by molar-refractivity contribution is 7.79. The van der Waals surface area contributed by atoms with Crippen molar-refractivity contribution in [3.05, 3.63) is 18.3 Å². The lowest BCUT2D eigenvalue weighted by atomic mass is 10.6. The normalized spacial score (nSPS) is 10.2. The molecule has 53 valence electrons. The van der Waals surface area contributed by atoms with Crippen molar-refractivity contribution >= 4 is 28.7 Å². The molecule has 0 atom stereocenters. The van der Waals surface area contributed by atoms with Gasteiger partial charge in [0.1, 0.15) is 17.2 Å². The second-order valence-corrected chi connectivity index (χ2v) is 2.15. The predicted octanol–water partition coefficient (Wildman–Crippen LogP) is 0.578. The summed E-state index contributed by atoms with van der Waals surface area (Å²) in [6, 6.07) is 0. The molecule has 0 aliphatic rings. The first-order valence-corrected chi connectivity index (χ1v) is 3.35. The van der Waals surface area contributed by atoms with Crippen LogP contribution in [0.1, 0.15) is 5.82 Å². The number of nitrogens with zero attached hydrogens (tertiary/aromatic N) is 3. The molecule has 4 nitrogen and oxygen atoms in total. The smallest absolute Gasteiger partial charge is 0.181 e. The number of thiocarbonyl (C=S) groups is 1. The van der Waals surface area contributed by atoms with E-state index in [0.717, 1.165) is 5.52 Å². The maximum Gasteiger partial charge on any atom is 0.181 e. The fourth-order valence-electron chi connectivity index (χ4n) is 0.810. The van der Waals surface area contributed by atoms with Crippen molar-refractivity contribution in [2.45, 2.75) is 0 Å². The minimum absolute atomic E-state index is 0.524. The van der Waals surface area contributed by atoms with Gasteiger partial charge in [-0.1, -0.05) is 12.2 Å². The van der Waals surface area contributed by atoms with Gasteiger partial charge in [0.2, 0.25) is 0 Å². The number of aromatic amines is 1. The van der Waals surface area contributed by atoms with Crippen molar-refractivity contribution in [3.8, 4) is 0 Å². The third-order valence-electron chi connectivity index (χ3n) is 1.26. The van der Waals surface area contributed by atoms with Crippen molar-refractivity contribution in [1.29, 1.82) is 0 Å². The highest BCUT2D eigenvalue weighted by atomic mass is 32.1. The average Bonchev–Trinajstić information content (AvgIpc) is 2.46. The highest BCUT2D eigenvalue weighted by Gasteiger charge is 1.99. The molecule has 0 saturated heterocycles. The van der Waals surface area contributed by atoms with Crippen molar-refractivity contribution in [2.24, 2.45) is 0 Å². The fourth-order valence-corrected chi connectivity index (χ4v) is 0.907. The van der Waals surface area contributed by atoms with Crippen molar-refractivity contribution < 1.29 is 0 Å². The first-order chi connectivity index (χ1) is 5.40. The van der Waals surface area contributed by atoms with Crippen LogP contribution in [0.4, 0.5) is 0 Å². The Kier molecular flexibility index (Phi) is 1.36. The van der Waals surface area contributed by atoms with E-state index in [4.69, 9.17) is 0 Å². The molecule has 0 aliphatic carbocycles. The molecule has 0 spiro atoms. The molecule has 0 aromatic carbocycles. The standard InChI is InChI=1S/C6H3N4S/c11-2-5-9-4-1-7-3-8-6(4)10-5/h1,3H,(H,7,8,9,10). The summed E-state index contributed by atoms with van der Waals surface area (Å²) in [6.45, 7) is 0. The first kappa shape index (κ1) is 6.36. The van der Waals surface area contributed by atoms with Crippen LogP contribution in [0.5, 0.6) is 0 Å². The van der Waals surface area contributed by atoms with Gasteiger partial charge < -0.3 is 4.98 Å². The molecule has 0 saturated carbocycles. The van der Waals surface area contributed by atoms with Crippen LogP contribution in [0.3, 0.4) is 0 Å². The molecule has 0 amide bonds. The lowest BCUT2D eigenvalue weighted by molar-refractivity contribution is 1.20. The second kappa shape index (κ2) is 2.35. The van der Waals surface area contributed by atoms with Gasteiger partial charge in [0.05, 0.1) is 6.20 Å². The quantitative estimate of drug-likeness (QED) is 0.625. The largest absolute Gasteiger partial charge is 0.335 e. The van der Waals surface area contributed by atoms with Crippen LogP contribution in [0.25, 0.3) is 11.2 Å². The minimum atomic E-state index is 0.524. The van der Waals surface area contributed by atoms with E-state index in [2.05, 4.69) is 37.5 Å². The number of rotatable bonds is 1. The topological polar surface area (TPSA) is 54.5 Å². The van der Waals surface area contributed by atoms with Crippen LogP contribution >= 0.6 is 12.2 Å². The summed E-state index contributed by atoms with van der Waals surface area (Å²) in [7, 11) is 0. The van der Waals surface area contributed by atoms with Gasteiger partial charge in [0.15, 0.2) is 11.5 Å². The third kappa shape index (κ3) is 0.988. The molecule has 0 unspecified atom stereocenters. The van der Waals surface area contributed by atoms with Crippen LogP contribution in [0.15, 0.2) is 12.5 Å². The number of H-pyrrole nitrogens is 1. The van der Waals surface area contributed by atoms with Gasteiger partial charge in [-0.3, -0.25) is 0 Å². The zero-order valence-electron chi connectivity index (χ0n) is 5.40. The van der Waals surface area contributed by atoms with E-state index in [1.807, 2.05) is 0 Å². The Morgan fingerprint density at radius 2 is 2.45 bits per heavy atom. The summed E-state index contributed by atoms with van der Waals surface area (Å²) in [5.74, 6) is 0.524. The molecule has 11 heavy (non-hydrogen) atoms. The lowest BCUT2D eigenvalue weighted by Crippen LogP contribution is -1.78. The molecule has 0 bridgehead atoms. The summed E-state index contributed by atoms with van der Waals surface area (Å²) in [5, 5.41) is 2.47. The highest BCUT2D eigenvalue weighted by Crippen LogP contribution is 2.03. The Morgan fingerprint density at radius 3 is 3.18 bits per heavy atom. The van der Waals surface area contributed by atoms with Crippen molar-refractivity contribution in [3.63, 3.8) is 0 Å². The number of hydrogen-bond donors (Lipinski definition) is 1. The number of nitrogens with one attached hydrogen (secondary N) is 1. The van der Waals surface area contributed by atoms with Gasteiger partial charge in [-0.05, 0) is 0 Å². The zero-order valence-corrected chi connectivity index (χ0v) is 6.22. The summed E-state index contributed by atoms with van der Waals surface area (Å²) in [4.78, 5) is 14.6. The Hall–Kier alpha value is -1.36. The molecule has 0 fully saturated rings. The minimum Gasteiger partial charge on any atom is -0.335 e. The number of imidazole rings is 1. The monoisotopic (exact) mass is 163 g/mol. The second-order valence-electron chi connectivity index (χ2n) is 1.95. The van der Waals surface area contributed by atoms with Gasteiger partial charge >= 0.3 is 0 Å². The zero-order chi connectivity index (χ0) is 7.68. The van der Waals surface area contributed by atoms with Gasteiger partial charge in [-0.2, -0.15) is 0 Å². The summed E-state index contributed by atoms with van der Waals surface area (Å²) in [6.07, 6.45) is 3.09. The average molecular weight is 163 g/mol. The van der Waals surface area contributed by atoms with Gasteiger partial charge in [-0.15, -0.1) is 0 Å². The van der Waals surface area contributed by atoms with E-state index in [1.165, 1.54) is 6.33 Å². The maximum atomic E-state index is 4.57. The molecule has 2 rings (SSSR count).